The smallest absolute Gasteiger partial charge is 0.179 e. The van der Waals surface area contributed by atoms with Gasteiger partial charge in [-0.25, -0.2) is 8.42 Å². The first-order valence-corrected chi connectivity index (χ1v) is 8.28. The van der Waals surface area contributed by atoms with Crippen molar-refractivity contribution >= 4 is 9.84 Å². The number of nitrogens with two attached hydrogens (primary N) is 1. The number of sulfone groups is 1. The minimum atomic E-state index is -3.29. The van der Waals surface area contributed by atoms with Gasteiger partial charge in [-0.1, -0.05) is 46.8 Å². The highest BCUT2D eigenvalue weighted by atomic mass is 32.2. The van der Waals surface area contributed by atoms with Crippen molar-refractivity contribution in [1.29, 1.82) is 0 Å². The molecule has 19 heavy (non-hydrogen) atoms. The van der Waals surface area contributed by atoms with Gasteiger partial charge in [0.25, 0.3) is 0 Å². The van der Waals surface area contributed by atoms with Crippen LogP contribution < -0.4 is 5.73 Å². The van der Waals surface area contributed by atoms with Gasteiger partial charge < -0.3 is 5.73 Å². The number of hydrogen-bond donors (Lipinski definition) is 1. The fraction of sp³-hybridized carbons (Fsp3) is 0.600. The Kier molecular flexibility index (Phi) is 4.80. The first-order chi connectivity index (χ1) is 8.54. The molecule has 0 saturated carbocycles. The molecule has 0 heterocycles. The second-order valence-electron chi connectivity index (χ2n) is 6.46. The second kappa shape index (κ2) is 5.63. The summed E-state index contributed by atoms with van der Waals surface area (Å²) in [7, 11) is -3.29. The molecule has 0 fully saturated rings. The predicted molar refractivity (Wildman–Crippen MR) is 80.0 cm³/mol. The van der Waals surface area contributed by atoms with E-state index < -0.39 is 9.84 Å². The van der Waals surface area contributed by atoms with Crippen LogP contribution in [0, 0.1) is 5.92 Å². The molecule has 108 valence electrons. The molecule has 1 unspecified atom stereocenters. The topological polar surface area (TPSA) is 60.2 Å². The Labute approximate surface area is 117 Å². The molecular weight excluding hydrogens is 258 g/mol. The van der Waals surface area contributed by atoms with Gasteiger partial charge in [0.1, 0.15) is 0 Å². The molecule has 0 saturated heterocycles. The molecule has 1 aromatic rings. The Bertz CT molecular complexity index is 510. The van der Waals surface area contributed by atoms with Crippen LogP contribution in [0.5, 0.6) is 0 Å². The molecule has 2 N–H and O–H groups in total. The maximum Gasteiger partial charge on any atom is 0.179 e. The SMILES string of the molecule is CC(C)C(N)CS(=O)(=O)c1ccc(C(C)(C)C)cc1. The molecule has 1 atom stereocenters. The van der Waals surface area contributed by atoms with E-state index in [-0.39, 0.29) is 23.1 Å². The lowest BCUT2D eigenvalue weighted by molar-refractivity contribution is 0.516. The van der Waals surface area contributed by atoms with E-state index in [2.05, 4.69) is 20.8 Å². The third kappa shape index (κ3) is 4.32. The molecule has 4 heteroatoms. The summed E-state index contributed by atoms with van der Waals surface area (Å²) in [5.41, 5.74) is 7.01. The van der Waals surface area contributed by atoms with Crippen molar-refractivity contribution in [2.75, 3.05) is 5.75 Å². The van der Waals surface area contributed by atoms with E-state index in [1.807, 2.05) is 26.0 Å². The lowest BCUT2D eigenvalue weighted by Gasteiger charge is -2.20. The maximum absolute atomic E-state index is 12.2. The van der Waals surface area contributed by atoms with E-state index in [1.165, 1.54) is 0 Å². The van der Waals surface area contributed by atoms with Gasteiger partial charge in [-0.05, 0) is 29.0 Å². The summed E-state index contributed by atoms with van der Waals surface area (Å²) in [4.78, 5) is 0.358. The van der Waals surface area contributed by atoms with Crippen molar-refractivity contribution in [3.05, 3.63) is 29.8 Å². The zero-order valence-electron chi connectivity index (χ0n) is 12.5. The van der Waals surface area contributed by atoms with E-state index in [9.17, 15) is 8.42 Å². The largest absolute Gasteiger partial charge is 0.327 e. The van der Waals surface area contributed by atoms with Crippen LogP contribution in [0.1, 0.15) is 40.2 Å². The quantitative estimate of drug-likeness (QED) is 0.924. The van der Waals surface area contributed by atoms with Gasteiger partial charge in [-0.2, -0.15) is 0 Å². The molecule has 0 bridgehead atoms. The zero-order chi connectivity index (χ0) is 14.8. The highest BCUT2D eigenvalue weighted by Gasteiger charge is 2.21. The summed E-state index contributed by atoms with van der Waals surface area (Å²) < 4.78 is 24.5. The molecule has 0 aliphatic rings. The van der Waals surface area contributed by atoms with E-state index >= 15 is 0 Å². The molecule has 0 aromatic heterocycles. The third-order valence-corrected chi connectivity index (χ3v) is 5.16. The van der Waals surface area contributed by atoms with Crippen LogP contribution in [0.3, 0.4) is 0 Å². The van der Waals surface area contributed by atoms with Gasteiger partial charge in [-0.3, -0.25) is 0 Å². The minimum Gasteiger partial charge on any atom is -0.327 e. The first-order valence-electron chi connectivity index (χ1n) is 6.63. The molecule has 0 spiro atoms. The van der Waals surface area contributed by atoms with Crippen molar-refractivity contribution in [2.24, 2.45) is 11.7 Å². The first kappa shape index (κ1) is 16.2. The lowest BCUT2D eigenvalue weighted by atomic mass is 9.87. The molecule has 1 aromatic carbocycles. The van der Waals surface area contributed by atoms with E-state index in [0.717, 1.165) is 5.56 Å². The van der Waals surface area contributed by atoms with Gasteiger partial charge in [-0.15, -0.1) is 0 Å². The average Bonchev–Trinajstić information content (AvgIpc) is 2.27. The fourth-order valence-corrected chi connectivity index (χ4v) is 3.34. The fourth-order valence-electron chi connectivity index (χ4n) is 1.70. The van der Waals surface area contributed by atoms with E-state index in [1.54, 1.807) is 12.1 Å². The Morgan fingerprint density at radius 2 is 1.58 bits per heavy atom. The lowest BCUT2D eigenvalue weighted by Crippen LogP contribution is -2.34. The monoisotopic (exact) mass is 283 g/mol. The predicted octanol–water partition coefficient (Wildman–Crippen LogP) is 2.74. The number of hydrogen-bond acceptors (Lipinski definition) is 3. The standard InChI is InChI=1S/C15H25NO2S/c1-11(2)14(16)10-19(17,18)13-8-6-12(7-9-13)15(3,4)5/h6-9,11,14H,10,16H2,1-5H3. The highest BCUT2D eigenvalue weighted by molar-refractivity contribution is 7.91. The summed E-state index contributed by atoms with van der Waals surface area (Å²) in [5, 5.41) is 0. The van der Waals surface area contributed by atoms with Crippen LogP contribution >= 0.6 is 0 Å². The van der Waals surface area contributed by atoms with Gasteiger partial charge in [0.15, 0.2) is 9.84 Å². The Morgan fingerprint density at radius 3 is 1.95 bits per heavy atom. The maximum atomic E-state index is 12.2. The van der Waals surface area contributed by atoms with E-state index in [0.29, 0.717) is 4.90 Å². The van der Waals surface area contributed by atoms with Gasteiger partial charge in [0.05, 0.1) is 10.6 Å². The van der Waals surface area contributed by atoms with Crippen LogP contribution in [0.15, 0.2) is 29.2 Å². The van der Waals surface area contributed by atoms with Crippen molar-refractivity contribution in [3.8, 4) is 0 Å². The molecular formula is C15H25NO2S. The van der Waals surface area contributed by atoms with Crippen molar-refractivity contribution in [2.45, 2.75) is 51.0 Å². The Hall–Kier alpha value is -0.870. The van der Waals surface area contributed by atoms with E-state index in [4.69, 9.17) is 5.73 Å². The highest BCUT2D eigenvalue weighted by Crippen LogP contribution is 2.24. The van der Waals surface area contributed by atoms with Crippen LogP contribution in [0.2, 0.25) is 0 Å². The average molecular weight is 283 g/mol. The summed E-state index contributed by atoms with van der Waals surface area (Å²) in [6.07, 6.45) is 0. The summed E-state index contributed by atoms with van der Waals surface area (Å²) in [6, 6.07) is 6.81. The van der Waals surface area contributed by atoms with Gasteiger partial charge in [0.2, 0.25) is 0 Å². The Morgan fingerprint density at radius 1 is 1.11 bits per heavy atom. The summed E-state index contributed by atoms with van der Waals surface area (Å²) in [6.45, 7) is 10.2. The van der Waals surface area contributed by atoms with Crippen molar-refractivity contribution < 1.29 is 8.42 Å². The van der Waals surface area contributed by atoms with Crippen molar-refractivity contribution in [3.63, 3.8) is 0 Å². The molecule has 3 nitrogen and oxygen atoms in total. The Balaban J connectivity index is 2.98. The minimum absolute atomic E-state index is 0.000465. The molecule has 0 aliphatic heterocycles. The number of rotatable bonds is 4. The van der Waals surface area contributed by atoms with Crippen LogP contribution in [0.25, 0.3) is 0 Å². The third-order valence-electron chi connectivity index (χ3n) is 3.35. The van der Waals surface area contributed by atoms with Crippen molar-refractivity contribution in [1.82, 2.24) is 0 Å². The number of benzene rings is 1. The molecule has 0 radical (unpaired) electrons. The van der Waals surface area contributed by atoms with Gasteiger partial charge in [0, 0.05) is 6.04 Å². The second-order valence-corrected chi connectivity index (χ2v) is 8.50. The van der Waals surface area contributed by atoms with Crippen LogP contribution in [-0.2, 0) is 15.3 Å². The normalized spacial score (nSPS) is 14.7. The van der Waals surface area contributed by atoms with Crippen LogP contribution in [0.4, 0.5) is 0 Å². The zero-order valence-corrected chi connectivity index (χ0v) is 13.3. The van der Waals surface area contributed by atoms with Gasteiger partial charge >= 0.3 is 0 Å². The molecule has 0 amide bonds. The van der Waals surface area contributed by atoms with Crippen LogP contribution in [-0.4, -0.2) is 20.2 Å². The molecule has 0 aliphatic carbocycles. The summed E-state index contributed by atoms with van der Waals surface area (Å²) >= 11 is 0. The molecule has 1 rings (SSSR count). The summed E-state index contributed by atoms with van der Waals surface area (Å²) in [5.74, 6) is 0.156.